The topological polar surface area (TPSA) is 128 Å². The van der Waals surface area contributed by atoms with Crippen LogP contribution in [0.1, 0.15) is 6.23 Å². The fraction of sp³-hybridized carbons (Fsp3) is 0.444. The second-order valence-electron chi connectivity index (χ2n) is 3.78. The van der Waals surface area contributed by atoms with Gasteiger partial charge >= 0.3 is 0 Å². The van der Waals surface area contributed by atoms with Gasteiger partial charge in [-0.05, 0) is 0 Å². The van der Waals surface area contributed by atoms with Crippen molar-refractivity contribution in [3.63, 3.8) is 0 Å². The SMILES string of the molecule is Nc1nc2nc[nH]c2c(=O)n1C1COC(CO)O1. The van der Waals surface area contributed by atoms with Crippen molar-refractivity contribution in [1.82, 2.24) is 19.5 Å². The van der Waals surface area contributed by atoms with E-state index in [0.29, 0.717) is 0 Å². The van der Waals surface area contributed by atoms with Crippen molar-refractivity contribution in [2.75, 3.05) is 18.9 Å². The minimum absolute atomic E-state index is 0.00760. The van der Waals surface area contributed by atoms with E-state index in [2.05, 4.69) is 15.0 Å². The van der Waals surface area contributed by atoms with Crippen molar-refractivity contribution >= 4 is 17.1 Å². The van der Waals surface area contributed by atoms with Gasteiger partial charge in [-0.2, -0.15) is 4.98 Å². The summed E-state index contributed by atoms with van der Waals surface area (Å²) in [5.74, 6) is -0.00760. The van der Waals surface area contributed by atoms with E-state index in [1.807, 2.05) is 0 Å². The lowest BCUT2D eigenvalue weighted by molar-refractivity contribution is -0.0987. The first-order valence-electron chi connectivity index (χ1n) is 5.29. The molecule has 0 spiro atoms. The van der Waals surface area contributed by atoms with Gasteiger partial charge in [-0.25, -0.2) is 9.55 Å². The Balaban J connectivity index is 2.09. The van der Waals surface area contributed by atoms with E-state index in [0.717, 1.165) is 0 Å². The average Bonchev–Trinajstić information content (AvgIpc) is 2.97. The number of rotatable bonds is 2. The third-order valence-corrected chi connectivity index (χ3v) is 2.69. The Hall–Kier alpha value is -1.97. The van der Waals surface area contributed by atoms with Crippen LogP contribution in [-0.4, -0.2) is 44.1 Å². The number of aromatic amines is 1. The van der Waals surface area contributed by atoms with E-state index in [9.17, 15) is 4.79 Å². The molecule has 0 aromatic carbocycles. The van der Waals surface area contributed by atoms with Crippen LogP contribution in [0.4, 0.5) is 5.95 Å². The molecule has 9 nitrogen and oxygen atoms in total. The van der Waals surface area contributed by atoms with Gasteiger partial charge in [0.2, 0.25) is 5.95 Å². The fourth-order valence-corrected chi connectivity index (χ4v) is 1.87. The second-order valence-corrected chi connectivity index (χ2v) is 3.78. The van der Waals surface area contributed by atoms with Gasteiger partial charge in [0.15, 0.2) is 23.7 Å². The fourth-order valence-electron chi connectivity index (χ4n) is 1.87. The van der Waals surface area contributed by atoms with Gasteiger partial charge in [0.05, 0.1) is 19.5 Å². The van der Waals surface area contributed by atoms with Crippen LogP contribution in [0.5, 0.6) is 0 Å². The number of nitrogens with zero attached hydrogens (tertiary/aromatic N) is 3. The molecular weight excluding hydrogens is 242 g/mol. The van der Waals surface area contributed by atoms with Crippen LogP contribution in [0.2, 0.25) is 0 Å². The zero-order chi connectivity index (χ0) is 12.7. The Kier molecular flexibility index (Phi) is 2.51. The molecule has 96 valence electrons. The third-order valence-electron chi connectivity index (χ3n) is 2.69. The van der Waals surface area contributed by atoms with Gasteiger partial charge in [-0.1, -0.05) is 0 Å². The molecule has 1 aliphatic rings. The highest BCUT2D eigenvalue weighted by molar-refractivity contribution is 5.69. The maximum absolute atomic E-state index is 12.2. The Bertz CT molecular complexity index is 635. The van der Waals surface area contributed by atoms with Crippen LogP contribution in [0.3, 0.4) is 0 Å². The second kappa shape index (κ2) is 4.05. The Morgan fingerprint density at radius 1 is 1.67 bits per heavy atom. The first-order valence-corrected chi connectivity index (χ1v) is 5.29. The summed E-state index contributed by atoms with van der Waals surface area (Å²) in [6.07, 6.45) is -0.0839. The van der Waals surface area contributed by atoms with E-state index in [1.165, 1.54) is 10.9 Å². The summed E-state index contributed by atoms with van der Waals surface area (Å²) in [4.78, 5) is 22.7. The molecule has 2 atom stereocenters. The number of hydrogen-bond acceptors (Lipinski definition) is 7. The van der Waals surface area contributed by atoms with Crippen LogP contribution >= 0.6 is 0 Å². The van der Waals surface area contributed by atoms with Crippen molar-refractivity contribution in [1.29, 1.82) is 0 Å². The highest BCUT2D eigenvalue weighted by atomic mass is 16.7. The van der Waals surface area contributed by atoms with Crippen molar-refractivity contribution in [3.8, 4) is 0 Å². The molecule has 1 aliphatic heterocycles. The summed E-state index contributed by atoms with van der Waals surface area (Å²) < 4.78 is 11.6. The average molecular weight is 253 g/mol. The van der Waals surface area contributed by atoms with E-state index in [-0.39, 0.29) is 35.9 Å². The maximum Gasteiger partial charge on any atom is 0.283 e. The van der Waals surface area contributed by atoms with Gasteiger partial charge in [0.1, 0.15) is 0 Å². The normalized spacial score (nSPS) is 23.8. The number of hydrogen-bond donors (Lipinski definition) is 3. The highest BCUT2D eigenvalue weighted by Gasteiger charge is 2.29. The summed E-state index contributed by atoms with van der Waals surface area (Å²) >= 11 is 0. The molecule has 2 aromatic heterocycles. The van der Waals surface area contributed by atoms with E-state index in [4.69, 9.17) is 20.3 Å². The summed E-state index contributed by atoms with van der Waals surface area (Å²) in [5.41, 5.74) is 5.83. The van der Waals surface area contributed by atoms with Crippen LogP contribution in [-0.2, 0) is 9.47 Å². The molecule has 3 heterocycles. The lowest BCUT2D eigenvalue weighted by atomic mass is 10.5. The molecule has 0 bridgehead atoms. The van der Waals surface area contributed by atoms with Gasteiger partial charge in [-0.3, -0.25) is 4.79 Å². The minimum Gasteiger partial charge on any atom is -0.391 e. The van der Waals surface area contributed by atoms with Gasteiger partial charge < -0.3 is 25.3 Å². The van der Waals surface area contributed by atoms with Crippen molar-refractivity contribution in [2.45, 2.75) is 12.5 Å². The summed E-state index contributed by atoms with van der Waals surface area (Å²) in [7, 11) is 0. The molecule has 0 amide bonds. The van der Waals surface area contributed by atoms with Crippen molar-refractivity contribution in [3.05, 3.63) is 16.7 Å². The van der Waals surface area contributed by atoms with Crippen LogP contribution in [0, 0.1) is 0 Å². The van der Waals surface area contributed by atoms with Crippen molar-refractivity contribution < 1.29 is 14.6 Å². The largest absolute Gasteiger partial charge is 0.391 e. The Labute approximate surface area is 100 Å². The first-order chi connectivity index (χ1) is 8.70. The standard InChI is InChI=1S/C9H11N5O4/c10-9-13-7-6(11-3-12-7)8(16)14(9)4-2-17-5(1-15)18-4/h3-5,15H,1-2H2,(H2,10,13)(H,11,12). The number of ether oxygens (including phenoxy) is 2. The Morgan fingerprint density at radius 3 is 3.22 bits per heavy atom. The molecule has 18 heavy (non-hydrogen) atoms. The monoisotopic (exact) mass is 253 g/mol. The quantitative estimate of drug-likeness (QED) is 0.598. The molecule has 1 saturated heterocycles. The summed E-state index contributed by atoms with van der Waals surface area (Å²) in [6.45, 7) is -0.165. The van der Waals surface area contributed by atoms with Gasteiger partial charge in [0, 0.05) is 0 Å². The number of nitrogen functional groups attached to an aromatic ring is 1. The lowest BCUT2D eigenvalue weighted by Gasteiger charge is -2.14. The summed E-state index contributed by atoms with van der Waals surface area (Å²) in [5, 5.41) is 8.91. The molecule has 2 unspecified atom stereocenters. The van der Waals surface area contributed by atoms with Crippen LogP contribution in [0.25, 0.3) is 11.2 Å². The molecule has 9 heteroatoms. The van der Waals surface area contributed by atoms with Gasteiger partial charge in [-0.15, -0.1) is 0 Å². The number of aromatic nitrogens is 4. The molecule has 0 radical (unpaired) electrons. The number of imidazole rings is 1. The van der Waals surface area contributed by atoms with E-state index < -0.39 is 12.5 Å². The number of nitrogens with one attached hydrogen (secondary N) is 1. The van der Waals surface area contributed by atoms with E-state index in [1.54, 1.807) is 0 Å². The number of fused-ring (bicyclic) bond motifs is 1. The first kappa shape index (κ1) is 11.1. The zero-order valence-corrected chi connectivity index (χ0v) is 9.24. The predicted molar refractivity (Wildman–Crippen MR) is 59.5 cm³/mol. The molecule has 1 fully saturated rings. The van der Waals surface area contributed by atoms with Crippen LogP contribution < -0.4 is 11.3 Å². The molecular formula is C9H11N5O4. The molecule has 0 aliphatic carbocycles. The van der Waals surface area contributed by atoms with Crippen molar-refractivity contribution in [2.24, 2.45) is 0 Å². The predicted octanol–water partition coefficient (Wildman–Crippen LogP) is -1.43. The lowest BCUT2D eigenvalue weighted by Crippen LogP contribution is -2.30. The number of nitrogens with two attached hydrogens (primary N) is 1. The summed E-state index contributed by atoms with van der Waals surface area (Å²) in [6, 6.07) is 0. The molecule has 0 saturated carbocycles. The Morgan fingerprint density at radius 2 is 2.50 bits per heavy atom. The van der Waals surface area contributed by atoms with Gasteiger partial charge in [0.25, 0.3) is 5.56 Å². The number of anilines is 1. The third kappa shape index (κ3) is 1.56. The maximum atomic E-state index is 12.2. The molecule has 3 rings (SSSR count). The minimum atomic E-state index is -0.751. The molecule has 2 aromatic rings. The zero-order valence-electron chi connectivity index (χ0n) is 9.24. The smallest absolute Gasteiger partial charge is 0.283 e. The highest BCUT2D eigenvalue weighted by Crippen LogP contribution is 2.21. The van der Waals surface area contributed by atoms with Crippen LogP contribution in [0.15, 0.2) is 11.1 Å². The number of H-pyrrole nitrogens is 1. The molecule has 4 N–H and O–H groups in total. The number of aliphatic hydroxyl groups is 1. The number of aliphatic hydroxyl groups excluding tert-OH is 1. The van der Waals surface area contributed by atoms with E-state index >= 15 is 0 Å².